The van der Waals surface area contributed by atoms with E-state index in [1.165, 1.54) is 58.7 Å². The molecule has 0 unspecified atom stereocenters. The van der Waals surface area contributed by atoms with Gasteiger partial charge in [0, 0.05) is 38.8 Å². The molecule has 3 heteroatoms. The van der Waals surface area contributed by atoms with E-state index in [1.807, 2.05) is 0 Å². The highest BCUT2D eigenvalue weighted by molar-refractivity contribution is 4.78. The first-order chi connectivity index (χ1) is 7.75. The molecule has 0 aromatic rings. The van der Waals surface area contributed by atoms with E-state index in [2.05, 4.69) is 29.0 Å². The minimum atomic E-state index is 0.736. The summed E-state index contributed by atoms with van der Waals surface area (Å²) in [4.78, 5) is 5.26. The van der Waals surface area contributed by atoms with Crippen molar-refractivity contribution in [2.45, 2.75) is 32.7 Å². The van der Waals surface area contributed by atoms with Crippen molar-refractivity contribution in [2.75, 3.05) is 45.8 Å². The minimum absolute atomic E-state index is 0.736. The third-order valence-corrected chi connectivity index (χ3v) is 4.11. The van der Waals surface area contributed by atoms with Crippen LogP contribution in [0.15, 0.2) is 0 Å². The summed E-state index contributed by atoms with van der Waals surface area (Å²) < 4.78 is 0. The second kappa shape index (κ2) is 5.99. The van der Waals surface area contributed by atoms with Crippen LogP contribution in [0.25, 0.3) is 0 Å². The summed E-state index contributed by atoms with van der Waals surface area (Å²) in [7, 11) is 0. The Morgan fingerprint density at radius 2 is 1.69 bits per heavy atom. The lowest BCUT2D eigenvalue weighted by molar-refractivity contribution is 0.116. The Bertz CT molecular complexity index is 191. The van der Waals surface area contributed by atoms with E-state index in [0.29, 0.717) is 0 Å². The average Bonchev–Trinajstić information content (AvgIpc) is 2.31. The summed E-state index contributed by atoms with van der Waals surface area (Å²) >= 11 is 0. The Labute approximate surface area is 100 Å². The molecule has 0 radical (unpaired) electrons. The zero-order valence-corrected chi connectivity index (χ0v) is 10.9. The number of piperidine rings is 1. The fourth-order valence-corrected chi connectivity index (χ4v) is 2.91. The highest BCUT2D eigenvalue weighted by atomic mass is 15.2. The van der Waals surface area contributed by atoms with Crippen LogP contribution in [0.2, 0.25) is 0 Å². The fraction of sp³-hybridized carbons (Fsp3) is 1.00. The summed E-state index contributed by atoms with van der Waals surface area (Å²) in [5.74, 6) is 0.952. The van der Waals surface area contributed by atoms with Crippen LogP contribution in [-0.2, 0) is 0 Å². The molecule has 2 saturated heterocycles. The molecule has 0 aromatic carbocycles. The largest absolute Gasteiger partial charge is 0.314 e. The van der Waals surface area contributed by atoms with Crippen molar-refractivity contribution < 1.29 is 0 Å². The predicted molar refractivity (Wildman–Crippen MR) is 68.7 cm³/mol. The molecule has 3 nitrogen and oxygen atoms in total. The number of nitrogens with one attached hydrogen (secondary N) is 1. The molecule has 1 N–H and O–H groups in total. The van der Waals surface area contributed by atoms with Gasteiger partial charge in [0.05, 0.1) is 0 Å². The van der Waals surface area contributed by atoms with E-state index < -0.39 is 0 Å². The zero-order chi connectivity index (χ0) is 11.4. The van der Waals surface area contributed by atoms with Gasteiger partial charge in [-0.05, 0) is 45.7 Å². The van der Waals surface area contributed by atoms with Crippen LogP contribution in [0, 0.1) is 5.92 Å². The van der Waals surface area contributed by atoms with E-state index in [9.17, 15) is 0 Å². The van der Waals surface area contributed by atoms with E-state index in [0.717, 1.165) is 12.0 Å². The first-order valence-electron chi connectivity index (χ1n) is 6.93. The molecule has 2 fully saturated rings. The molecule has 2 heterocycles. The molecule has 2 aliphatic rings. The second-order valence-corrected chi connectivity index (χ2v) is 5.62. The maximum atomic E-state index is 3.42. The lowest BCUT2D eigenvalue weighted by Gasteiger charge is -2.37. The smallest absolute Gasteiger partial charge is 0.0107 e. The van der Waals surface area contributed by atoms with Crippen molar-refractivity contribution in [1.82, 2.24) is 15.1 Å². The molecule has 2 rings (SSSR count). The van der Waals surface area contributed by atoms with Crippen molar-refractivity contribution in [2.24, 2.45) is 5.92 Å². The molecule has 0 bridgehead atoms. The summed E-state index contributed by atoms with van der Waals surface area (Å²) in [6.07, 6.45) is 2.81. The van der Waals surface area contributed by atoms with Crippen molar-refractivity contribution in [3.05, 3.63) is 0 Å². The van der Waals surface area contributed by atoms with Crippen LogP contribution in [0.3, 0.4) is 0 Å². The van der Waals surface area contributed by atoms with E-state index in [4.69, 9.17) is 0 Å². The van der Waals surface area contributed by atoms with Gasteiger partial charge >= 0.3 is 0 Å². The lowest BCUT2D eigenvalue weighted by Crippen LogP contribution is -2.47. The Kier molecular flexibility index (Phi) is 4.62. The van der Waals surface area contributed by atoms with Gasteiger partial charge in [0.1, 0.15) is 0 Å². The topological polar surface area (TPSA) is 18.5 Å². The Hall–Kier alpha value is -0.120. The van der Waals surface area contributed by atoms with Gasteiger partial charge in [-0.2, -0.15) is 0 Å². The SMILES string of the molecule is CC(C)N1CCC(CN2CCNCC2)CC1. The Morgan fingerprint density at radius 1 is 1.06 bits per heavy atom. The fourth-order valence-electron chi connectivity index (χ4n) is 2.91. The number of hydrogen-bond acceptors (Lipinski definition) is 3. The predicted octanol–water partition coefficient (Wildman–Crippen LogP) is 1.01. The van der Waals surface area contributed by atoms with E-state index in [1.54, 1.807) is 0 Å². The van der Waals surface area contributed by atoms with E-state index >= 15 is 0 Å². The van der Waals surface area contributed by atoms with Crippen LogP contribution < -0.4 is 5.32 Å². The number of hydrogen-bond donors (Lipinski definition) is 1. The summed E-state index contributed by atoms with van der Waals surface area (Å²) in [6, 6.07) is 0.736. The molecule has 0 amide bonds. The number of rotatable bonds is 3. The van der Waals surface area contributed by atoms with Gasteiger partial charge < -0.3 is 15.1 Å². The van der Waals surface area contributed by atoms with Crippen LogP contribution in [0.1, 0.15) is 26.7 Å². The normalized spacial score (nSPS) is 26.4. The first-order valence-corrected chi connectivity index (χ1v) is 6.93. The maximum absolute atomic E-state index is 3.42. The maximum Gasteiger partial charge on any atom is 0.0107 e. The molecule has 0 atom stereocenters. The van der Waals surface area contributed by atoms with Gasteiger partial charge in [-0.1, -0.05) is 0 Å². The third-order valence-electron chi connectivity index (χ3n) is 4.11. The molecule has 0 aliphatic carbocycles. The Morgan fingerprint density at radius 3 is 2.25 bits per heavy atom. The standard InChI is InChI=1S/C13H27N3/c1-12(2)16-7-3-13(4-8-16)11-15-9-5-14-6-10-15/h12-14H,3-11H2,1-2H3. The van der Waals surface area contributed by atoms with Crippen molar-refractivity contribution in [3.8, 4) is 0 Å². The minimum Gasteiger partial charge on any atom is -0.314 e. The van der Waals surface area contributed by atoms with Crippen molar-refractivity contribution >= 4 is 0 Å². The lowest BCUT2D eigenvalue weighted by atomic mass is 9.95. The molecular formula is C13H27N3. The summed E-state index contributed by atoms with van der Waals surface area (Å²) in [5, 5.41) is 3.42. The highest BCUT2D eigenvalue weighted by Crippen LogP contribution is 2.20. The third kappa shape index (κ3) is 3.44. The Balaban J connectivity index is 1.68. The summed E-state index contributed by atoms with van der Waals surface area (Å²) in [5.41, 5.74) is 0. The molecule has 0 spiro atoms. The zero-order valence-electron chi connectivity index (χ0n) is 10.9. The van der Waals surface area contributed by atoms with Crippen LogP contribution in [0.5, 0.6) is 0 Å². The van der Waals surface area contributed by atoms with Gasteiger partial charge in [0.15, 0.2) is 0 Å². The van der Waals surface area contributed by atoms with Gasteiger partial charge in [0.25, 0.3) is 0 Å². The van der Waals surface area contributed by atoms with Crippen LogP contribution >= 0.6 is 0 Å². The van der Waals surface area contributed by atoms with Gasteiger partial charge in [-0.3, -0.25) is 0 Å². The molecule has 0 saturated carbocycles. The van der Waals surface area contributed by atoms with Gasteiger partial charge in [-0.15, -0.1) is 0 Å². The van der Waals surface area contributed by atoms with Crippen LogP contribution in [0.4, 0.5) is 0 Å². The molecule has 94 valence electrons. The molecule has 2 aliphatic heterocycles. The first kappa shape index (κ1) is 12.3. The molecule has 0 aromatic heterocycles. The van der Waals surface area contributed by atoms with E-state index in [-0.39, 0.29) is 0 Å². The van der Waals surface area contributed by atoms with Crippen molar-refractivity contribution in [3.63, 3.8) is 0 Å². The van der Waals surface area contributed by atoms with Gasteiger partial charge in [0.2, 0.25) is 0 Å². The summed E-state index contributed by atoms with van der Waals surface area (Å²) in [6.45, 7) is 13.5. The second-order valence-electron chi connectivity index (χ2n) is 5.62. The monoisotopic (exact) mass is 225 g/mol. The van der Waals surface area contributed by atoms with Gasteiger partial charge in [-0.25, -0.2) is 0 Å². The number of likely N-dealkylation sites (tertiary alicyclic amines) is 1. The quantitative estimate of drug-likeness (QED) is 0.773. The van der Waals surface area contributed by atoms with Crippen molar-refractivity contribution in [1.29, 1.82) is 0 Å². The highest BCUT2D eigenvalue weighted by Gasteiger charge is 2.22. The average molecular weight is 225 g/mol. The van der Waals surface area contributed by atoms with Crippen LogP contribution in [-0.4, -0.2) is 61.7 Å². The number of nitrogens with zero attached hydrogens (tertiary/aromatic N) is 2. The molecule has 16 heavy (non-hydrogen) atoms. The molecular weight excluding hydrogens is 198 g/mol. The number of piperazine rings is 1.